The summed E-state index contributed by atoms with van der Waals surface area (Å²) in [6.45, 7) is 2.52. The summed E-state index contributed by atoms with van der Waals surface area (Å²) in [5.74, 6) is 1.22. The van der Waals surface area contributed by atoms with Crippen LogP contribution in [-0.2, 0) is 0 Å². The van der Waals surface area contributed by atoms with Crippen LogP contribution in [0.4, 0.5) is 24.8 Å². The highest BCUT2D eigenvalue weighted by molar-refractivity contribution is 5.49. The van der Waals surface area contributed by atoms with Crippen LogP contribution in [0.25, 0.3) is 0 Å². The van der Waals surface area contributed by atoms with Crippen LogP contribution >= 0.6 is 0 Å². The van der Waals surface area contributed by atoms with E-state index in [9.17, 15) is 13.2 Å². The summed E-state index contributed by atoms with van der Waals surface area (Å²) < 4.78 is 37.1. The van der Waals surface area contributed by atoms with Gasteiger partial charge in [0.05, 0.1) is 0 Å². The van der Waals surface area contributed by atoms with E-state index >= 15 is 0 Å². The summed E-state index contributed by atoms with van der Waals surface area (Å²) in [5, 5.41) is 2.79. The first-order chi connectivity index (χ1) is 7.85. The fourth-order valence-corrected chi connectivity index (χ4v) is 1.41. The van der Waals surface area contributed by atoms with Crippen molar-refractivity contribution in [1.29, 1.82) is 0 Å². The number of anilines is 2. The van der Waals surface area contributed by atoms with Crippen molar-refractivity contribution in [1.82, 2.24) is 9.97 Å². The van der Waals surface area contributed by atoms with E-state index in [2.05, 4.69) is 15.3 Å². The lowest BCUT2D eigenvalue weighted by atomic mass is 10.4. The maximum atomic E-state index is 12.4. The third-order valence-electron chi connectivity index (χ3n) is 2.16. The molecule has 0 aliphatic rings. The smallest absolute Gasteiger partial charge is 0.373 e. The maximum absolute atomic E-state index is 12.4. The molecule has 0 bridgehead atoms. The van der Waals surface area contributed by atoms with E-state index in [1.165, 1.54) is 6.07 Å². The van der Waals surface area contributed by atoms with Gasteiger partial charge < -0.3 is 10.2 Å². The number of nitrogens with one attached hydrogen (secondary N) is 1. The largest absolute Gasteiger partial charge is 0.405 e. The molecule has 0 atom stereocenters. The van der Waals surface area contributed by atoms with Gasteiger partial charge in [-0.25, -0.2) is 9.97 Å². The second-order valence-electron chi connectivity index (χ2n) is 3.54. The molecule has 1 aromatic heterocycles. The number of halogens is 3. The minimum atomic E-state index is -4.24. The fraction of sp³-hybridized carbons (Fsp3) is 0.600. The van der Waals surface area contributed by atoms with Crippen LogP contribution in [0.2, 0.25) is 0 Å². The SMILES string of the molecule is CCN(CC(F)(F)F)c1cc(NC)nc(C)n1. The van der Waals surface area contributed by atoms with Gasteiger partial charge in [0.25, 0.3) is 0 Å². The van der Waals surface area contributed by atoms with Crippen LogP contribution in [0.15, 0.2) is 6.07 Å². The lowest BCUT2D eigenvalue weighted by Gasteiger charge is -2.23. The van der Waals surface area contributed by atoms with Crippen LogP contribution in [0.3, 0.4) is 0 Å². The van der Waals surface area contributed by atoms with Crippen molar-refractivity contribution in [2.24, 2.45) is 0 Å². The molecule has 96 valence electrons. The van der Waals surface area contributed by atoms with Gasteiger partial charge in [-0.3, -0.25) is 0 Å². The molecule has 4 nitrogen and oxygen atoms in total. The Morgan fingerprint density at radius 3 is 2.47 bits per heavy atom. The molecule has 0 aliphatic carbocycles. The van der Waals surface area contributed by atoms with E-state index in [0.29, 0.717) is 11.6 Å². The highest BCUT2D eigenvalue weighted by Crippen LogP contribution is 2.22. The first-order valence-corrected chi connectivity index (χ1v) is 5.21. The molecule has 0 fully saturated rings. The monoisotopic (exact) mass is 248 g/mol. The Balaban J connectivity index is 2.99. The fourth-order valence-electron chi connectivity index (χ4n) is 1.41. The predicted molar refractivity (Wildman–Crippen MR) is 60.3 cm³/mol. The van der Waals surface area contributed by atoms with Crippen LogP contribution in [0.1, 0.15) is 12.7 Å². The van der Waals surface area contributed by atoms with E-state index in [0.717, 1.165) is 4.90 Å². The minimum Gasteiger partial charge on any atom is -0.373 e. The molecule has 0 saturated carbocycles. The van der Waals surface area contributed by atoms with Crippen LogP contribution in [0, 0.1) is 6.92 Å². The van der Waals surface area contributed by atoms with Gasteiger partial charge in [-0.05, 0) is 13.8 Å². The highest BCUT2D eigenvalue weighted by atomic mass is 19.4. The number of rotatable bonds is 4. The van der Waals surface area contributed by atoms with Crippen molar-refractivity contribution >= 4 is 11.6 Å². The molecule has 1 rings (SSSR count). The maximum Gasteiger partial charge on any atom is 0.405 e. The van der Waals surface area contributed by atoms with Gasteiger partial charge in [0.15, 0.2) is 0 Å². The molecule has 0 unspecified atom stereocenters. The number of hydrogen-bond donors (Lipinski definition) is 1. The van der Waals surface area contributed by atoms with E-state index in [4.69, 9.17) is 0 Å². The van der Waals surface area contributed by atoms with Gasteiger partial charge in [-0.1, -0.05) is 0 Å². The van der Waals surface area contributed by atoms with Crippen molar-refractivity contribution in [3.8, 4) is 0 Å². The third-order valence-corrected chi connectivity index (χ3v) is 2.16. The standard InChI is InChI=1S/C10H15F3N4/c1-4-17(6-10(11,12)13)9-5-8(14-3)15-7(2)16-9/h5H,4,6H2,1-3H3,(H,14,15,16). The third kappa shape index (κ3) is 4.08. The van der Waals surface area contributed by atoms with Gasteiger partial charge in [0.2, 0.25) is 0 Å². The zero-order chi connectivity index (χ0) is 13.1. The van der Waals surface area contributed by atoms with Crippen molar-refractivity contribution in [2.75, 3.05) is 30.4 Å². The summed E-state index contributed by atoms with van der Waals surface area (Å²) >= 11 is 0. The average Bonchev–Trinajstić information content (AvgIpc) is 2.23. The minimum absolute atomic E-state index is 0.235. The molecule has 7 heteroatoms. The zero-order valence-corrected chi connectivity index (χ0v) is 9.97. The van der Waals surface area contributed by atoms with Crippen molar-refractivity contribution in [3.63, 3.8) is 0 Å². The predicted octanol–water partition coefficient (Wildman–Crippen LogP) is 2.22. The number of nitrogens with zero attached hydrogens (tertiary/aromatic N) is 3. The summed E-state index contributed by atoms with van der Waals surface area (Å²) in [6.07, 6.45) is -4.24. The molecule has 1 aromatic rings. The average molecular weight is 248 g/mol. The van der Waals surface area contributed by atoms with Gasteiger partial charge in [0.1, 0.15) is 24.0 Å². The molecule has 1 N–H and O–H groups in total. The van der Waals surface area contributed by atoms with Crippen molar-refractivity contribution < 1.29 is 13.2 Å². The molecule has 1 heterocycles. The molecule has 0 amide bonds. The van der Waals surface area contributed by atoms with Crippen LogP contribution in [0.5, 0.6) is 0 Å². The highest BCUT2D eigenvalue weighted by Gasteiger charge is 2.31. The Bertz CT molecular complexity index is 378. The number of aryl methyl sites for hydroxylation is 1. The van der Waals surface area contributed by atoms with Crippen LogP contribution in [-0.4, -0.2) is 36.3 Å². The van der Waals surface area contributed by atoms with Gasteiger partial charge in [-0.15, -0.1) is 0 Å². The second kappa shape index (κ2) is 5.20. The number of hydrogen-bond acceptors (Lipinski definition) is 4. The van der Waals surface area contributed by atoms with Gasteiger partial charge >= 0.3 is 6.18 Å². The van der Waals surface area contributed by atoms with Gasteiger partial charge in [-0.2, -0.15) is 13.2 Å². The lowest BCUT2D eigenvalue weighted by molar-refractivity contribution is -0.119. The van der Waals surface area contributed by atoms with Crippen LogP contribution < -0.4 is 10.2 Å². The first kappa shape index (κ1) is 13.5. The zero-order valence-electron chi connectivity index (χ0n) is 9.97. The van der Waals surface area contributed by atoms with E-state index < -0.39 is 12.7 Å². The van der Waals surface area contributed by atoms with Crippen molar-refractivity contribution in [2.45, 2.75) is 20.0 Å². The summed E-state index contributed by atoms with van der Waals surface area (Å²) in [7, 11) is 1.66. The first-order valence-electron chi connectivity index (χ1n) is 5.21. The number of alkyl halides is 3. The molecular formula is C10H15F3N4. The lowest BCUT2D eigenvalue weighted by Crippen LogP contribution is -2.34. The molecule has 0 radical (unpaired) electrons. The molecule has 17 heavy (non-hydrogen) atoms. The molecule has 0 aliphatic heterocycles. The Labute approximate surface area is 97.9 Å². The summed E-state index contributed by atoms with van der Waals surface area (Å²) in [5.41, 5.74) is 0. The van der Waals surface area contributed by atoms with E-state index in [-0.39, 0.29) is 12.4 Å². The number of aromatic nitrogens is 2. The molecule has 0 spiro atoms. The Hall–Kier alpha value is -1.53. The molecule has 0 saturated heterocycles. The van der Waals surface area contributed by atoms with E-state index in [1.54, 1.807) is 20.9 Å². The van der Waals surface area contributed by atoms with Crippen molar-refractivity contribution in [3.05, 3.63) is 11.9 Å². The Morgan fingerprint density at radius 2 is 2.00 bits per heavy atom. The normalized spacial score (nSPS) is 11.4. The topological polar surface area (TPSA) is 41.0 Å². The molecule has 0 aromatic carbocycles. The Kier molecular flexibility index (Phi) is 4.14. The second-order valence-corrected chi connectivity index (χ2v) is 3.54. The summed E-state index contributed by atoms with van der Waals surface area (Å²) in [6, 6.07) is 1.50. The molecular weight excluding hydrogens is 233 g/mol. The van der Waals surface area contributed by atoms with E-state index in [1.807, 2.05) is 0 Å². The quantitative estimate of drug-likeness (QED) is 0.887. The summed E-state index contributed by atoms with van der Waals surface area (Å²) in [4.78, 5) is 9.21. The Morgan fingerprint density at radius 1 is 1.35 bits per heavy atom. The van der Waals surface area contributed by atoms with Gasteiger partial charge in [0, 0.05) is 19.7 Å².